The molecule has 1 aliphatic heterocycles. The molecule has 0 spiro atoms. The van der Waals surface area contributed by atoms with Crippen molar-refractivity contribution in [1.82, 2.24) is 10.0 Å². The minimum Gasteiger partial charge on any atom is -0.316 e. The second kappa shape index (κ2) is 4.80. The van der Waals surface area contributed by atoms with Gasteiger partial charge in [-0.1, -0.05) is 6.42 Å². The van der Waals surface area contributed by atoms with Crippen molar-refractivity contribution in [3.63, 3.8) is 0 Å². The number of hydrogen-bond donors (Lipinski definition) is 2. The van der Waals surface area contributed by atoms with Gasteiger partial charge in [-0.15, -0.1) is 0 Å². The summed E-state index contributed by atoms with van der Waals surface area (Å²) in [6.07, 6.45) is 5.26. The third-order valence-corrected chi connectivity index (χ3v) is 5.10. The molecule has 2 rings (SSSR count). The van der Waals surface area contributed by atoms with Crippen LogP contribution in [0.15, 0.2) is 0 Å². The van der Waals surface area contributed by atoms with E-state index in [0.29, 0.717) is 12.5 Å². The maximum absolute atomic E-state index is 11.6. The van der Waals surface area contributed by atoms with Crippen molar-refractivity contribution in [2.75, 3.05) is 19.6 Å². The van der Waals surface area contributed by atoms with E-state index in [1.807, 2.05) is 0 Å². The molecule has 1 aliphatic carbocycles. The van der Waals surface area contributed by atoms with Crippen LogP contribution in [0.4, 0.5) is 0 Å². The van der Waals surface area contributed by atoms with Crippen LogP contribution in [0.25, 0.3) is 0 Å². The lowest BCUT2D eigenvalue weighted by atomic mass is 10.0. The first-order chi connectivity index (χ1) is 7.18. The maximum Gasteiger partial charge on any atom is 0.214 e. The van der Waals surface area contributed by atoms with Crippen molar-refractivity contribution in [1.29, 1.82) is 0 Å². The molecule has 15 heavy (non-hydrogen) atoms. The van der Waals surface area contributed by atoms with Crippen LogP contribution in [0.3, 0.4) is 0 Å². The molecule has 2 N–H and O–H groups in total. The fraction of sp³-hybridized carbons (Fsp3) is 1.00. The Morgan fingerprint density at radius 2 is 2.00 bits per heavy atom. The average Bonchev–Trinajstić information content (AvgIpc) is 3.03. The van der Waals surface area contributed by atoms with Gasteiger partial charge in [0, 0.05) is 6.54 Å². The van der Waals surface area contributed by atoms with Crippen molar-refractivity contribution in [2.24, 2.45) is 5.92 Å². The smallest absolute Gasteiger partial charge is 0.214 e. The standard InChI is InChI=1S/C10H20N2O2S/c13-15(14,10-4-5-10)12-8-9-3-1-2-6-11-7-9/h9-12H,1-8H2. The summed E-state index contributed by atoms with van der Waals surface area (Å²) in [6.45, 7) is 2.64. The summed E-state index contributed by atoms with van der Waals surface area (Å²) in [6, 6.07) is 0. The zero-order valence-electron chi connectivity index (χ0n) is 9.04. The zero-order valence-corrected chi connectivity index (χ0v) is 9.85. The Morgan fingerprint density at radius 1 is 1.20 bits per heavy atom. The number of sulfonamides is 1. The molecule has 1 unspecified atom stereocenters. The number of nitrogens with one attached hydrogen (secondary N) is 2. The van der Waals surface area contributed by atoms with Crippen LogP contribution in [-0.2, 0) is 10.0 Å². The van der Waals surface area contributed by atoms with Crippen molar-refractivity contribution >= 4 is 10.0 Å². The molecule has 0 radical (unpaired) electrons. The Morgan fingerprint density at radius 3 is 2.73 bits per heavy atom. The molecule has 0 aromatic heterocycles. The van der Waals surface area contributed by atoms with Gasteiger partial charge in [0.25, 0.3) is 0 Å². The van der Waals surface area contributed by atoms with E-state index in [1.54, 1.807) is 0 Å². The summed E-state index contributed by atoms with van der Waals surface area (Å²) in [5.41, 5.74) is 0. The van der Waals surface area contributed by atoms with Crippen molar-refractivity contribution in [2.45, 2.75) is 37.4 Å². The Hall–Kier alpha value is -0.130. The molecule has 5 heteroatoms. The molecule has 1 saturated heterocycles. The van der Waals surface area contributed by atoms with Crippen LogP contribution in [0.2, 0.25) is 0 Å². The lowest BCUT2D eigenvalue weighted by molar-refractivity contribution is 0.468. The van der Waals surface area contributed by atoms with Crippen LogP contribution < -0.4 is 10.0 Å². The van der Waals surface area contributed by atoms with Crippen LogP contribution in [-0.4, -0.2) is 33.3 Å². The highest BCUT2D eigenvalue weighted by Gasteiger charge is 2.35. The first-order valence-electron chi connectivity index (χ1n) is 5.88. The Kier molecular flexibility index (Phi) is 3.64. The second-order valence-electron chi connectivity index (χ2n) is 4.66. The summed E-state index contributed by atoms with van der Waals surface area (Å²) in [7, 11) is -2.98. The van der Waals surface area contributed by atoms with E-state index < -0.39 is 10.0 Å². The van der Waals surface area contributed by atoms with Crippen molar-refractivity contribution < 1.29 is 8.42 Å². The van der Waals surface area contributed by atoms with E-state index in [1.165, 1.54) is 12.8 Å². The monoisotopic (exact) mass is 232 g/mol. The fourth-order valence-electron chi connectivity index (χ4n) is 2.00. The van der Waals surface area contributed by atoms with E-state index in [-0.39, 0.29) is 5.25 Å². The fourth-order valence-corrected chi connectivity index (χ4v) is 3.46. The summed E-state index contributed by atoms with van der Waals surface area (Å²) in [5.74, 6) is 0.473. The normalized spacial score (nSPS) is 28.7. The zero-order chi connectivity index (χ0) is 10.7. The van der Waals surface area contributed by atoms with Gasteiger partial charge in [0.15, 0.2) is 0 Å². The van der Waals surface area contributed by atoms with Crippen molar-refractivity contribution in [3.8, 4) is 0 Å². The van der Waals surface area contributed by atoms with Gasteiger partial charge in [-0.25, -0.2) is 13.1 Å². The van der Waals surface area contributed by atoms with Gasteiger partial charge >= 0.3 is 0 Å². The molecule has 0 amide bonds. The third kappa shape index (κ3) is 3.43. The van der Waals surface area contributed by atoms with E-state index in [9.17, 15) is 8.42 Å². The third-order valence-electron chi connectivity index (χ3n) is 3.19. The van der Waals surface area contributed by atoms with Gasteiger partial charge in [-0.2, -0.15) is 0 Å². The minimum absolute atomic E-state index is 0.0868. The van der Waals surface area contributed by atoms with E-state index in [2.05, 4.69) is 10.0 Å². The van der Waals surface area contributed by atoms with Gasteiger partial charge in [0.1, 0.15) is 0 Å². The summed E-state index contributed by atoms with van der Waals surface area (Å²) >= 11 is 0. The Bertz CT molecular complexity index is 291. The molecule has 0 bridgehead atoms. The number of hydrogen-bond acceptors (Lipinski definition) is 3. The Balaban J connectivity index is 1.76. The number of rotatable bonds is 4. The summed E-state index contributed by atoms with van der Waals surface area (Å²) < 4.78 is 25.9. The molecule has 1 atom stereocenters. The molecule has 2 fully saturated rings. The second-order valence-corrected chi connectivity index (χ2v) is 6.70. The van der Waals surface area contributed by atoms with Gasteiger partial charge in [-0.3, -0.25) is 0 Å². The molecule has 1 saturated carbocycles. The highest BCUT2D eigenvalue weighted by molar-refractivity contribution is 7.90. The minimum atomic E-state index is -2.98. The lowest BCUT2D eigenvalue weighted by Crippen LogP contribution is -2.35. The molecule has 0 aromatic carbocycles. The topological polar surface area (TPSA) is 58.2 Å². The van der Waals surface area contributed by atoms with E-state index in [4.69, 9.17) is 0 Å². The molecule has 88 valence electrons. The average molecular weight is 232 g/mol. The van der Waals surface area contributed by atoms with E-state index in [0.717, 1.165) is 32.4 Å². The van der Waals surface area contributed by atoms with Crippen LogP contribution >= 0.6 is 0 Å². The lowest BCUT2D eigenvalue weighted by Gasteiger charge is -2.14. The first-order valence-corrected chi connectivity index (χ1v) is 7.42. The molecule has 1 heterocycles. The molecule has 2 aliphatic rings. The molecular formula is C10H20N2O2S. The maximum atomic E-state index is 11.6. The predicted molar refractivity (Wildman–Crippen MR) is 60.2 cm³/mol. The summed E-state index contributed by atoms with van der Waals surface area (Å²) in [4.78, 5) is 0. The highest BCUT2D eigenvalue weighted by atomic mass is 32.2. The first kappa shape index (κ1) is 11.4. The SMILES string of the molecule is O=S(=O)(NCC1CCCCNC1)C1CC1. The van der Waals surface area contributed by atoms with Gasteiger partial charge in [-0.05, 0) is 44.7 Å². The molecular weight excluding hydrogens is 212 g/mol. The summed E-state index contributed by atoms with van der Waals surface area (Å²) in [5, 5.41) is 3.26. The predicted octanol–water partition coefficient (Wildman–Crippen LogP) is 0.458. The highest BCUT2D eigenvalue weighted by Crippen LogP contribution is 2.27. The molecule has 4 nitrogen and oxygen atoms in total. The van der Waals surface area contributed by atoms with Crippen LogP contribution in [0, 0.1) is 5.92 Å². The molecule has 0 aromatic rings. The van der Waals surface area contributed by atoms with Crippen LogP contribution in [0.5, 0.6) is 0 Å². The van der Waals surface area contributed by atoms with Crippen LogP contribution in [0.1, 0.15) is 32.1 Å². The quantitative estimate of drug-likeness (QED) is 0.740. The Labute approximate surface area is 91.9 Å². The van der Waals surface area contributed by atoms with Crippen molar-refractivity contribution in [3.05, 3.63) is 0 Å². The van der Waals surface area contributed by atoms with E-state index >= 15 is 0 Å². The van der Waals surface area contributed by atoms with Gasteiger partial charge in [0.05, 0.1) is 5.25 Å². The largest absolute Gasteiger partial charge is 0.316 e. The van der Waals surface area contributed by atoms with Gasteiger partial charge < -0.3 is 5.32 Å². The van der Waals surface area contributed by atoms with Gasteiger partial charge in [0.2, 0.25) is 10.0 Å².